The Bertz CT molecular complexity index is 1110. The van der Waals surface area contributed by atoms with E-state index in [0.29, 0.717) is 38.6 Å². The van der Waals surface area contributed by atoms with Gasteiger partial charge in [-0.25, -0.2) is 8.78 Å². The molecule has 2 bridgehead atoms. The summed E-state index contributed by atoms with van der Waals surface area (Å²) in [5.41, 5.74) is 2.90. The average Bonchev–Trinajstić information content (AvgIpc) is 3.42. The van der Waals surface area contributed by atoms with E-state index in [9.17, 15) is 18.7 Å². The molecular formula is C23H25F2N3O3S. The van der Waals surface area contributed by atoms with E-state index in [0.717, 1.165) is 49.7 Å². The third-order valence-electron chi connectivity index (χ3n) is 7.46. The number of aromatic nitrogens is 2. The van der Waals surface area contributed by atoms with Crippen molar-refractivity contribution in [3.63, 3.8) is 0 Å². The number of thiophene rings is 1. The summed E-state index contributed by atoms with van der Waals surface area (Å²) in [6.45, 7) is -0.113. The number of aliphatic hydroxyl groups excluding tert-OH is 1. The van der Waals surface area contributed by atoms with Gasteiger partial charge < -0.3 is 14.9 Å². The lowest BCUT2D eigenvalue weighted by molar-refractivity contribution is -0.113. The van der Waals surface area contributed by atoms with Crippen molar-refractivity contribution in [3.8, 4) is 11.5 Å². The van der Waals surface area contributed by atoms with Crippen LogP contribution < -0.4 is 5.32 Å². The first-order valence-electron chi connectivity index (χ1n) is 11.4. The van der Waals surface area contributed by atoms with Crippen LogP contribution in [0, 0.1) is 11.8 Å². The number of nitrogens with zero attached hydrogens (tertiary/aromatic N) is 2. The number of rotatable bonds is 5. The largest absolute Gasteiger partial charge is 0.392 e. The summed E-state index contributed by atoms with van der Waals surface area (Å²) in [5, 5.41) is 17.5. The van der Waals surface area contributed by atoms with E-state index in [4.69, 9.17) is 4.52 Å². The van der Waals surface area contributed by atoms with Crippen molar-refractivity contribution >= 4 is 22.2 Å². The number of halogens is 2. The third kappa shape index (κ3) is 3.41. The maximum atomic E-state index is 14.1. The van der Waals surface area contributed by atoms with Gasteiger partial charge in [0.1, 0.15) is 5.00 Å². The van der Waals surface area contributed by atoms with E-state index in [1.54, 1.807) is 0 Å². The lowest BCUT2D eigenvalue weighted by Crippen LogP contribution is -2.34. The lowest BCUT2D eigenvalue weighted by atomic mass is 9.67. The van der Waals surface area contributed by atoms with E-state index >= 15 is 0 Å². The molecule has 32 heavy (non-hydrogen) atoms. The zero-order chi connectivity index (χ0) is 22.0. The van der Waals surface area contributed by atoms with Crippen molar-refractivity contribution in [2.75, 3.05) is 11.9 Å². The molecular weight excluding hydrogens is 436 g/mol. The fourth-order valence-electron chi connectivity index (χ4n) is 5.64. The number of carbonyl (C=O) groups is 1. The minimum absolute atomic E-state index is 0.113. The van der Waals surface area contributed by atoms with Crippen LogP contribution in [0.15, 0.2) is 15.7 Å². The lowest BCUT2D eigenvalue weighted by Gasteiger charge is -2.39. The molecule has 0 spiro atoms. The predicted molar refractivity (Wildman–Crippen MR) is 115 cm³/mol. The summed E-state index contributed by atoms with van der Waals surface area (Å²) in [6.07, 6.45) is 5.61. The van der Waals surface area contributed by atoms with Gasteiger partial charge in [0.25, 0.3) is 17.7 Å². The van der Waals surface area contributed by atoms with Crippen molar-refractivity contribution < 1.29 is 23.2 Å². The first kappa shape index (κ1) is 20.5. The second-order valence-corrected chi connectivity index (χ2v) is 10.7. The molecule has 0 aromatic carbocycles. The molecule has 2 aromatic rings. The van der Waals surface area contributed by atoms with Crippen LogP contribution in [0.3, 0.4) is 0 Å². The minimum atomic E-state index is -2.75. The normalized spacial score (nSPS) is 26.3. The standard InChI is InChI=1S/C23H25F2N3O3S/c24-23(25)8-7-14-16(9-23)32-22(18(14)21-26-19(28-31-21)13-5-6-13)27-20(30)17-12-3-1-11(2-4-12)15(17)10-29/h11-13,29H,1-10H2,(H,27,30). The Morgan fingerprint density at radius 3 is 2.59 bits per heavy atom. The molecule has 2 N–H and O–H groups in total. The number of fused-ring (bicyclic) bond motifs is 3. The monoisotopic (exact) mass is 461 g/mol. The molecule has 2 saturated carbocycles. The summed E-state index contributed by atoms with van der Waals surface area (Å²) >= 11 is 1.19. The van der Waals surface area contributed by atoms with Crippen molar-refractivity contribution in [2.45, 2.75) is 69.6 Å². The highest BCUT2D eigenvalue weighted by Crippen LogP contribution is 2.49. The molecule has 0 saturated heterocycles. The molecule has 5 aliphatic rings. The Morgan fingerprint density at radius 2 is 1.88 bits per heavy atom. The van der Waals surface area contributed by atoms with Crippen LogP contribution in [0.4, 0.5) is 13.8 Å². The fourth-order valence-corrected chi connectivity index (χ4v) is 6.95. The molecule has 0 radical (unpaired) electrons. The van der Waals surface area contributed by atoms with Gasteiger partial charge in [0.2, 0.25) is 0 Å². The first-order chi connectivity index (χ1) is 15.4. The third-order valence-corrected chi connectivity index (χ3v) is 8.61. The highest BCUT2D eigenvalue weighted by Gasteiger charge is 2.41. The molecule has 0 unspecified atom stereocenters. The Kier molecular flexibility index (Phi) is 4.77. The molecule has 1 amide bonds. The van der Waals surface area contributed by atoms with Gasteiger partial charge in [0.05, 0.1) is 12.2 Å². The van der Waals surface area contributed by atoms with Crippen LogP contribution in [-0.2, 0) is 17.6 Å². The van der Waals surface area contributed by atoms with Gasteiger partial charge in [-0.15, -0.1) is 11.3 Å². The van der Waals surface area contributed by atoms with Crippen LogP contribution in [0.25, 0.3) is 11.5 Å². The molecule has 6 nitrogen and oxygen atoms in total. The molecule has 9 heteroatoms. The zero-order valence-corrected chi connectivity index (χ0v) is 18.4. The van der Waals surface area contributed by atoms with Crippen LogP contribution in [0.2, 0.25) is 0 Å². The van der Waals surface area contributed by atoms with E-state index in [1.165, 1.54) is 11.3 Å². The highest BCUT2D eigenvalue weighted by atomic mass is 32.1. The van der Waals surface area contributed by atoms with Gasteiger partial charge in [0.15, 0.2) is 5.82 Å². The number of hydrogen-bond donors (Lipinski definition) is 2. The van der Waals surface area contributed by atoms with E-state index in [-0.39, 0.29) is 43.6 Å². The molecule has 5 aliphatic carbocycles. The number of aliphatic hydroxyl groups is 1. The molecule has 170 valence electrons. The molecule has 2 heterocycles. The predicted octanol–water partition coefficient (Wildman–Crippen LogP) is 4.85. The Balaban J connectivity index is 1.39. The van der Waals surface area contributed by atoms with Gasteiger partial charge in [-0.2, -0.15) is 4.98 Å². The maximum Gasteiger partial charge on any atom is 0.261 e. The molecule has 2 fully saturated rings. The van der Waals surface area contributed by atoms with Crippen molar-refractivity contribution in [1.29, 1.82) is 0 Å². The molecule has 0 aliphatic heterocycles. The number of amides is 1. The number of hydrogen-bond acceptors (Lipinski definition) is 6. The Labute approximate surface area is 188 Å². The number of carbonyl (C=O) groups excluding carboxylic acids is 1. The molecule has 0 atom stereocenters. The summed E-state index contributed by atoms with van der Waals surface area (Å²) in [4.78, 5) is 18.5. The van der Waals surface area contributed by atoms with Gasteiger partial charge in [-0.3, -0.25) is 4.79 Å². The quantitative estimate of drug-likeness (QED) is 0.665. The minimum Gasteiger partial charge on any atom is -0.392 e. The van der Waals surface area contributed by atoms with Crippen LogP contribution in [0.1, 0.15) is 67.1 Å². The summed E-state index contributed by atoms with van der Waals surface area (Å²) in [5.74, 6) is -1.33. The molecule has 7 rings (SSSR count). The van der Waals surface area contributed by atoms with Crippen LogP contribution in [0.5, 0.6) is 0 Å². The van der Waals surface area contributed by atoms with Gasteiger partial charge in [-0.05, 0) is 67.9 Å². The molecule has 2 aromatic heterocycles. The average molecular weight is 462 g/mol. The zero-order valence-electron chi connectivity index (χ0n) is 17.6. The van der Waals surface area contributed by atoms with E-state index in [2.05, 4.69) is 15.5 Å². The van der Waals surface area contributed by atoms with Gasteiger partial charge >= 0.3 is 0 Å². The number of alkyl halides is 2. The fraction of sp³-hybridized carbons (Fsp3) is 0.609. The van der Waals surface area contributed by atoms with Crippen molar-refractivity contribution in [1.82, 2.24) is 10.1 Å². The highest BCUT2D eigenvalue weighted by molar-refractivity contribution is 7.17. The summed E-state index contributed by atoms with van der Waals surface area (Å²) < 4.78 is 33.8. The Hall–Kier alpha value is -2.13. The van der Waals surface area contributed by atoms with Gasteiger partial charge in [0, 0.05) is 29.2 Å². The number of nitrogens with one attached hydrogen (secondary N) is 1. The van der Waals surface area contributed by atoms with E-state index < -0.39 is 5.92 Å². The second-order valence-electron chi connectivity index (χ2n) is 9.57. The van der Waals surface area contributed by atoms with Crippen molar-refractivity contribution in [2.24, 2.45) is 11.8 Å². The van der Waals surface area contributed by atoms with Crippen LogP contribution in [-0.4, -0.2) is 33.7 Å². The summed E-state index contributed by atoms with van der Waals surface area (Å²) in [7, 11) is 0. The van der Waals surface area contributed by atoms with Gasteiger partial charge in [-0.1, -0.05) is 5.16 Å². The van der Waals surface area contributed by atoms with E-state index in [1.807, 2.05) is 0 Å². The second kappa shape index (κ2) is 7.45. The first-order valence-corrected chi connectivity index (χ1v) is 12.3. The van der Waals surface area contributed by atoms with Crippen LogP contribution >= 0.6 is 11.3 Å². The summed E-state index contributed by atoms with van der Waals surface area (Å²) in [6, 6.07) is 0. The topological polar surface area (TPSA) is 88.3 Å². The SMILES string of the molecule is O=C(Nc1sc2c(c1-c1nc(C3CC3)no1)CCC(F)(F)C2)C1=C(CO)C2CCC1CC2. The number of anilines is 1. The smallest absolute Gasteiger partial charge is 0.261 e. The maximum absolute atomic E-state index is 14.1. The Morgan fingerprint density at radius 1 is 1.16 bits per heavy atom. The van der Waals surface area contributed by atoms with Crippen molar-refractivity contribution in [3.05, 3.63) is 27.4 Å².